The van der Waals surface area contributed by atoms with E-state index < -0.39 is 0 Å². The van der Waals surface area contributed by atoms with Gasteiger partial charge < -0.3 is 0 Å². The third-order valence-electron chi connectivity index (χ3n) is 2.23. The predicted octanol–water partition coefficient (Wildman–Crippen LogP) is 4.52. The highest BCUT2D eigenvalue weighted by atomic mass is 35.5. The molecule has 1 heterocycles. The molecule has 0 N–H and O–H groups in total. The molecule has 0 radical (unpaired) electrons. The molecule has 17 heavy (non-hydrogen) atoms. The molecule has 0 bridgehead atoms. The van der Waals surface area contributed by atoms with Crippen LogP contribution in [0.2, 0.25) is 15.1 Å². The summed E-state index contributed by atoms with van der Waals surface area (Å²) in [7, 11) is 0. The van der Waals surface area contributed by atoms with Gasteiger partial charge in [0.15, 0.2) is 6.29 Å². The Labute approximate surface area is 113 Å². The van der Waals surface area contributed by atoms with E-state index in [-0.39, 0.29) is 0 Å². The quantitative estimate of drug-likeness (QED) is 0.600. The third kappa shape index (κ3) is 2.60. The van der Waals surface area contributed by atoms with Crippen LogP contribution >= 0.6 is 34.8 Å². The van der Waals surface area contributed by atoms with Crippen LogP contribution in [0, 0.1) is 0 Å². The van der Waals surface area contributed by atoms with Gasteiger partial charge in [-0.3, -0.25) is 9.78 Å². The average Bonchev–Trinajstić information content (AvgIpc) is 2.34. The number of hydrogen-bond donors (Lipinski definition) is 0. The van der Waals surface area contributed by atoms with Crippen LogP contribution in [0.4, 0.5) is 0 Å². The van der Waals surface area contributed by atoms with Crippen molar-refractivity contribution in [3.8, 4) is 11.1 Å². The molecule has 0 spiro atoms. The Morgan fingerprint density at radius 2 is 1.71 bits per heavy atom. The number of aromatic nitrogens is 1. The molecular formula is C12H6Cl3NO. The van der Waals surface area contributed by atoms with Crippen LogP contribution in [0.25, 0.3) is 11.1 Å². The van der Waals surface area contributed by atoms with Gasteiger partial charge in [-0.05, 0) is 18.2 Å². The van der Waals surface area contributed by atoms with E-state index in [0.29, 0.717) is 27.0 Å². The van der Waals surface area contributed by atoms with Crippen molar-refractivity contribution in [2.75, 3.05) is 0 Å². The Bertz CT molecular complexity index is 567. The van der Waals surface area contributed by atoms with E-state index in [0.717, 1.165) is 11.1 Å². The fourth-order valence-electron chi connectivity index (χ4n) is 1.38. The van der Waals surface area contributed by atoms with Crippen LogP contribution in [-0.2, 0) is 0 Å². The van der Waals surface area contributed by atoms with Crippen LogP contribution in [-0.4, -0.2) is 11.3 Å². The van der Waals surface area contributed by atoms with E-state index in [1.807, 2.05) is 0 Å². The number of benzene rings is 1. The average molecular weight is 287 g/mol. The summed E-state index contributed by atoms with van der Waals surface area (Å²) >= 11 is 17.8. The summed E-state index contributed by atoms with van der Waals surface area (Å²) in [5, 5.41) is 1.31. The fourth-order valence-corrected chi connectivity index (χ4v) is 2.03. The van der Waals surface area contributed by atoms with Gasteiger partial charge in [-0.1, -0.05) is 40.9 Å². The summed E-state index contributed by atoms with van der Waals surface area (Å²) < 4.78 is 0. The van der Waals surface area contributed by atoms with Crippen molar-refractivity contribution in [2.24, 2.45) is 0 Å². The first-order valence-corrected chi connectivity index (χ1v) is 5.81. The van der Waals surface area contributed by atoms with E-state index in [2.05, 4.69) is 4.98 Å². The lowest BCUT2D eigenvalue weighted by Crippen LogP contribution is -1.87. The zero-order valence-electron chi connectivity index (χ0n) is 8.45. The highest BCUT2D eigenvalue weighted by molar-refractivity contribution is 6.44. The molecule has 0 amide bonds. The molecule has 0 aliphatic heterocycles. The van der Waals surface area contributed by atoms with Gasteiger partial charge in [-0.25, -0.2) is 0 Å². The standard InChI is InChI=1S/C12H6Cl3NO/c13-10-4-12(15)11(14)3-9(10)7-1-2-8(6-17)16-5-7/h1-6H. The lowest BCUT2D eigenvalue weighted by molar-refractivity contribution is 0.111. The molecule has 0 saturated carbocycles. The largest absolute Gasteiger partial charge is 0.296 e. The van der Waals surface area contributed by atoms with E-state index >= 15 is 0 Å². The van der Waals surface area contributed by atoms with Crippen molar-refractivity contribution in [2.45, 2.75) is 0 Å². The van der Waals surface area contributed by atoms with Crippen LogP contribution in [0.1, 0.15) is 10.5 Å². The SMILES string of the molecule is O=Cc1ccc(-c2cc(Cl)c(Cl)cc2Cl)cn1. The zero-order valence-corrected chi connectivity index (χ0v) is 10.7. The van der Waals surface area contributed by atoms with E-state index in [1.165, 1.54) is 0 Å². The van der Waals surface area contributed by atoms with Crippen molar-refractivity contribution in [1.29, 1.82) is 0 Å². The summed E-state index contributed by atoms with van der Waals surface area (Å²) in [4.78, 5) is 14.5. The second-order valence-corrected chi connectivity index (χ2v) is 4.56. The molecule has 86 valence electrons. The summed E-state index contributed by atoms with van der Waals surface area (Å²) in [6.45, 7) is 0. The molecule has 2 nitrogen and oxygen atoms in total. The Kier molecular flexibility index (Phi) is 3.67. The summed E-state index contributed by atoms with van der Waals surface area (Å²) in [5.74, 6) is 0. The molecule has 1 aromatic heterocycles. The molecule has 1 aromatic carbocycles. The number of carbonyl (C=O) groups is 1. The minimum Gasteiger partial charge on any atom is -0.296 e. The number of aldehydes is 1. The molecule has 0 saturated heterocycles. The first-order chi connectivity index (χ1) is 8.11. The van der Waals surface area contributed by atoms with Gasteiger partial charge in [0.2, 0.25) is 0 Å². The summed E-state index contributed by atoms with van der Waals surface area (Å²) in [6.07, 6.45) is 2.25. The van der Waals surface area contributed by atoms with Gasteiger partial charge >= 0.3 is 0 Å². The Morgan fingerprint density at radius 1 is 1.00 bits per heavy atom. The van der Waals surface area contributed by atoms with Crippen molar-refractivity contribution in [3.63, 3.8) is 0 Å². The van der Waals surface area contributed by atoms with E-state index in [4.69, 9.17) is 34.8 Å². The van der Waals surface area contributed by atoms with Gasteiger partial charge in [0.05, 0.1) is 15.1 Å². The molecule has 0 unspecified atom stereocenters. The van der Waals surface area contributed by atoms with Crippen molar-refractivity contribution >= 4 is 41.1 Å². The van der Waals surface area contributed by atoms with Gasteiger partial charge in [-0.15, -0.1) is 0 Å². The third-order valence-corrected chi connectivity index (χ3v) is 3.26. The van der Waals surface area contributed by atoms with Gasteiger partial charge in [-0.2, -0.15) is 0 Å². The molecule has 0 aliphatic carbocycles. The molecule has 5 heteroatoms. The topological polar surface area (TPSA) is 30.0 Å². The number of carbonyl (C=O) groups excluding carboxylic acids is 1. The lowest BCUT2D eigenvalue weighted by Gasteiger charge is -2.06. The maximum absolute atomic E-state index is 10.5. The minimum atomic E-state index is 0.366. The highest BCUT2D eigenvalue weighted by Crippen LogP contribution is 2.34. The van der Waals surface area contributed by atoms with Crippen LogP contribution in [0.15, 0.2) is 30.5 Å². The van der Waals surface area contributed by atoms with Crippen LogP contribution in [0.5, 0.6) is 0 Å². The Hall–Kier alpha value is -1.09. The van der Waals surface area contributed by atoms with Crippen LogP contribution < -0.4 is 0 Å². The monoisotopic (exact) mass is 285 g/mol. The van der Waals surface area contributed by atoms with Crippen molar-refractivity contribution in [1.82, 2.24) is 4.98 Å². The second kappa shape index (κ2) is 5.05. The van der Waals surface area contributed by atoms with E-state index in [1.54, 1.807) is 30.5 Å². The molecule has 2 aromatic rings. The smallest absolute Gasteiger partial charge is 0.168 e. The molecule has 2 rings (SSSR count). The molecule has 0 aliphatic rings. The second-order valence-electron chi connectivity index (χ2n) is 3.34. The lowest BCUT2D eigenvalue weighted by atomic mass is 10.1. The molecule has 0 fully saturated rings. The Balaban J connectivity index is 2.52. The first kappa shape index (κ1) is 12.4. The minimum absolute atomic E-state index is 0.366. The van der Waals surface area contributed by atoms with Gasteiger partial charge in [0, 0.05) is 17.3 Å². The number of halogens is 3. The number of pyridine rings is 1. The Morgan fingerprint density at radius 3 is 2.29 bits per heavy atom. The first-order valence-electron chi connectivity index (χ1n) is 4.68. The van der Waals surface area contributed by atoms with E-state index in [9.17, 15) is 4.79 Å². The summed E-state index contributed by atoms with van der Waals surface area (Å²) in [5.41, 5.74) is 1.87. The molecular weight excluding hydrogens is 280 g/mol. The van der Waals surface area contributed by atoms with Gasteiger partial charge in [0.1, 0.15) is 5.69 Å². The van der Waals surface area contributed by atoms with Gasteiger partial charge in [0.25, 0.3) is 0 Å². The number of rotatable bonds is 2. The zero-order chi connectivity index (χ0) is 12.4. The predicted molar refractivity (Wildman–Crippen MR) is 70.1 cm³/mol. The summed E-state index contributed by atoms with van der Waals surface area (Å²) in [6, 6.07) is 6.61. The highest BCUT2D eigenvalue weighted by Gasteiger charge is 2.08. The number of nitrogens with zero attached hydrogens (tertiary/aromatic N) is 1. The maximum atomic E-state index is 10.5. The van der Waals surface area contributed by atoms with Crippen molar-refractivity contribution < 1.29 is 4.79 Å². The molecule has 0 atom stereocenters. The maximum Gasteiger partial charge on any atom is 0.168 e. The number of hydrogen-bond acceptors (Lipinski definition) is 2. The van der Waals surface area contributed by atoms with Crippen LogP contribution in [0.3, 0.4) is 0 Å². The normalized spacial score (nSPS) is 10.3. The fraction of sp³-hybridized carbons (Fsp3) is 0. The van der Waals surface area contributed by atoms with Crippen molar-refractivity contribution in [3.05, 3.63) is 51.2 Å².